The van der Waals surface area contributed by atoms with E-state index in [-0.39, 0.29) is 0 Å². The van der Waals surface area contributed by atoms with Crippen LogP contribution >= 0.6 is 34.4 Å². The molecule has 1 aliphatic rings. The molecule has 0 saturated heterocycles. The second-order valence-corrected chi connectivity index (χ2v) is 7.45. The van der Waals surface area contributed by atoms with Crippen LogP contribution in [-0.4, -0.2) is 20.6 Å². The summed E-state index contributed by atoms with van der Waals surface area (Å²) in [6.45, 7) is 0.983. The number of thioether (sulfide) groups is 1. The number of hydrogen-bond acceptors (Lipinski definition) is 3. The Hall–Kier alpha value is -0.430. The molecule has 0 spiro atoms. The number of nitrogen functional groups attached to an aromatic ring is 1. The fourth-order valence-electron chi connectivity index (χ4n) is 2.57. The van der Waals surface area contributed by atoms with Crippen molar-refractivity contribution in [1.82, 2.24) is 9.55 Å². The molecule has 1 saturated carbocycles. The van der Waals surface area contributed by atoms with Crippen LogP contribution < -0.4 is 5.73 Å². The Morgan fingerprint density at radius 3 is 2.89 bits per heavy atom. The fraction of sp³-hybridized carbons (Fsp3) is 0.462. The number of benzene rings is 1. The summed E-state index contributed by atoms with van der Waals surface area (Å²) in [6.07, 6.45) is 6.12. The minimum absolute atomic E-state index is 0.380. The molecule has 1 heterocycles. The number of aromatic nitrogens is 2. The Labute approximate surface area is 125 Å². The van der Waals surface area contributed by atoms with Crippen LogP contribution in [0.3, 0.4) is 0 Å². The van der Waals surface area contributed by atoms with Crippen LogP contribution in [0.25, 0.3) is 11.0 Å². The maximum atomic E-state index is 6.08. The summed E-state index contributed by atoms with van der Waals surface area (Å²) < 4.78 is 3.76. The van der Waals surface area contributed by atoms with E-state index >= 15 is 0 Å². The van der Waals surface area contributed by atoms with Gasteiger partial charge in [-0.25, -0.2) is 4.98 Å². The summed E-state index contributed by atoms with van der Waals surface area (Å²) in [5.41, 5.74) is 8.25. The van der Waals surface area contributed by atoms with Gasteiger partial charge < -0.3 is 10.3 Å². The second kappa shape index (κ2) is 4.59. The predicted molar refractivity (Wildman–Crippen MR) is 87.0 cm³/mol. The van der Waals surface area contributed by atoms with Crippen LogP contribution in [0, 0.1) is 3.57 Å². The largest absolute Gasteiger partial charge is 0.369 e. The zero-order valence-electron chi connectivity index (χ0n) is 10.3. The fourth-order valence-corrected chi connectivity index (χ4v) is 4.00. The first kappa shape index (κ1) is 12.6. The summed E-state index contributed by atoms with van der Waals surface area (Å²) in [5.74, 6) is 0.646. The van der Waals surface area contributed by atoms with Gasteiger partial charge in [0.15, 0.2) is 0 Å². The monoisotopic (exact) mass is 373 g/mol. The molecule has 1 aliphatic carbocycles. The van der Waals surface area contributed by atoms with Gasteiger partial charge in [-0.15, -0.1) is 0 Å². The molecule has 1 aromatic carbocycles. The van der Waals surface area contributed by atoms with E-state index < -0.39 is 0 Å². The first-order valence-electron chi connectivity index (χ1n) is 6.10. The molecule has 3 nitrogen and oxygen atoms in total. The van der Waals surface area contributed by atoms with Crippen LogP contribution in [-0.2, 0) is 6.54 Å². The van der Waals surface area contributed by atoms with E-state index in [2.05, 4.69) is 56.6 Å². The smallest absolute Gasteiger partial charge is 0.201 e. The molecule has 0 atom stereocenters. The van der Waals surface area contributed by atoms with Gasteiger partial charge >= 0.3 is 0 Å². The summed E-state index contributed by atoms with van der Waals surface area (Å²) in [6, 6.07) is 6.34. The van der Waals surface area contributed by atoms with Gasteiger partial charge in [0.2, 0.25) is 5.95 Å². The van der Waals surface area contributed by atoms with Gasteiger partial charge in [-0.3, -0.25) is 0 Å². The minimum Gasteiger partial charge on any atom is -0.369 e. The Bertz CT molecular complexity index is 584. The minimum atomic E-state index is 0.380. The van der Waals surface area contributed by atoms with Gasteiger partial charge in [-0.05, 0) is 59.9 Å². The maximum absolute atomic E-state index is 6.08. The molecule has 0 unspecified atom stereocenters. The lowest BCUT2D eigenvalue weighted by Crippen LogP contribution is -2.38. The van der Waals surface area contributed by atoms with E-state index in [9.17, 15) is 0 Å². The van der Waals surface area contributed by atoms with E-state index in [0.29, 0.717) is 10.7 Å². The van der Waals surface area contributed by atoms with Gasteiger partial charge in [0.1, 0.15) is 0 Å². The van der Waals surface area contributed by atoms with E-state index in [1.165, 1.54) is 22.8 Å². The van der Waals surface area contributed by atoms with Crippen molar-refractivity contribution in [3.05, 3.63) is 21.8 Å². The molecule has 0 bridgehead atoms. The van der Waals surface area contributed by atoms with Crippen molar-refractivity contribution in [2.45, 2.75) is 30.6 Å². The normalized spacial score (nSPS) is 17.9. The maximum Gasteiger partial charge on any atom is 0.201 e. The molecule has 5 heteroatoms. The SMILES string of the molecule is CSC1(Cn2c(N)nc3cc(I)ccc32)CCC1. The van der Waals surface area contributed by atoms with E-state index in [4.69, 9.17) is 5.73 Å². The Kier molecular flexibility index (Phi) is 3.21. The first-order chi connectivity index (χ1) is 8.63. The third-order valence-electron chi connectivity index (χ3n) is 3.88. The van der Waals surface area contributed by atoms with Gasteiger partial charge in [-0.2, -0.15) is 11.8 Å². The van der Waals surface area contributed by atoms with Crippen LogP contribution in [0.15, 0.2) is 18.2 Å². The average Bonchev–Trinajstić information content (AvgIpc) is 2.59. The van der Waals surface area contributed by atoms with Crippen molar-refractivity contribution < 1.29 is 0 Å². The van der Waals surface area contributed by atoms with Crippen LogP contribution in [0.4, 0.5) is 5.95 Å². The molecular formula is C13H16IN3S. The van der Waals surface area contributed by atoms with Gasteiger partial charge in [0.05, 0.1) is 11.0 Å². The number of hydrogen-bond donors (Lipinski definition) is 1. The van der Waals surface area contributed by atoms with Gasteiger partial charge in [0.25, 0.3) is 0 Å². The Morgan fingerprint density at radius 1 is 1.50 bits per heavy atom. The zero-order valence-corrected chi connectivity index (χ0v) is 13.3. The molecule has 2 aromatic rings. The highest BCUT2D eigenvalue weighted by molar-refractivity contribution is 14.1. The predicted octanol–water partition coefficient (Wildman–Crippen LogP) is 3.51. The number of rotatable bonds is 3. The molecule has 1 aromatic heterocycles. The second-order valence-electron chi connectivity index (χ2n) is 4.93. The lowest BCUT2D eigenvalue weighted by Gasteiger charge is -2.40. The van der Waals surface area contributed by atoms with Crippen LogP contribution in [0.5, 0.6) is 0 Å². The highest BCUT2D eigenvalue weighted by Gasteiger charge is 2.37. The number of imidazole rings is 1. The van der Waals surface area contributed by atoms with Gasteiger partial charge in [-0.1, -0.05) is 6.42 Å². The number of fused-ring (bicyclic) bond motifs is 1. The molecule has 0 amide bonds. The third kappa shape index (κ3) is 2.01. The van der Waals surface area contributed by atoms with Crippen LogP contribution in [0.2, 0.25) is 0 Å². The van der Waals surface area contributed by atoms with Crippen molar-refractivity contribution in [1.29, 1.82) is 0 Å². The van der Waals surface area contributed by atoms with E-state index in [1.807, 2.05) is 11.8 Å². The molecule has 96 valence electrons. The number of nitrogens with zero attached hydrogens (tertiary/aromatic N) is 2. The molecule has 18 heavy (non-hydrogen) atoms. The van der Waals surface area contributed by atoms with Crippen molar-refractivity contribution >= 4 is 51.3 Å². The zero-order chi connectivity index (χ0) is 12.8. The quantitative estimate of drug-likeness (QED) is 0.838. The molecule has 1 fully saturated rings. The first-order valence-corrected chi connectivity index (χ1v) is 8.40. The molecule has 0 aliphatic heterocycles. The molecule has 3 rings (SSSR count). The highest BCUT2D eigenvalue weighted by atomic mass is 127. The van der Waals surface area contributed by atoms with Crippen LogP contribution in [0.1, 0.15) is 19.3 Å². The van der Waals surface area contributed by atoms with Crippen molar-refractivity contribution in [3.63, 3.8) is 0 Å². The standard InChI is InChI=1S/C13H16IN3S/c1-18-13(5-2-6-13)8-17-11-4-3-9(14)7-10(11)16-12(17)15/h3-4,7H,2,5-6,8H2,1H3,(H2,15,16). The molecule has 0 radical (unpaired) electrons. The van der Waals surface area contributed by atoms with Crippen molar-refractivity contribution in [3.8, 4) is 0 Å². The summed E-state index contributed by atoms with van der Waals surface area (Å²) in [7, 11) is 0. The summed E-state index contributed by atoms with van der Waals surface area (Å²) in [4.78, 5) is 4.48. The number of halogens is 1. The molecule has 2 N–H and O–H groups in total. The topological polar surface area (TPSA) is 43.8 Å². The Balaban J connectivity index is 2.03. The van der Waals surface area contributed by atoms with Crippen molar-refractivity contribution in [2.24, 2.45) is 0 Å². The molecular weight excluding hydrogens is 357 g/mol. The number of anilines is 1. The lowest BCUT2D eigenvalue weighted by molar-refractivity contribution is 0.326. The van der Waals surface area contributed by atoms with Crippen molar-refractivity contribution in [2.75, 3.05) is 12.0 Å². The summed E-state index contributed by atoms with van der Waals surface area (Å²) >= 11 is 4.28. The van der Waals surface area contributed by atoms with Gasteiger partial charge in [0, 0.05) is 14.9 Å². The third-order valence-corrected chi connectivity index (χ3v) is 5.96. The average molecular weight is 373 g/mol. The Morgan fingerprint density at radius 2 is 2.28 bits per heavy atom. The highest BCUT2D eigenvalue weighted by Crippen LogP contribution is 2.44. The lowest BCUT2D eigenvalue weighted by atomic mass is 9.84. The number of nitrogens with two attached hydrogens (primary N) is 1. The van der Waals surface area contributed by atoms with E-state index in [1.54, 1.807) is 0 Å². The summed E-state index contributed by atoms with van der Waals surface area (Å²) in [5, 5.41) is 0. The van der Waals surface area contributed by atoms with E-state index in [0.717, 1.165) is 17.6 Å².